The van der Waals surface area contributed by atoms with Gasteiger partial charge in [-0.05, 0) is 108 Å². The summed E-state index contributed by atoms with van der Waals surface area (Å²) in [4.78, 5) is 0. The van der Waals surface area contributed by atoms with E-state index >= 15 is 0 Å². The molecule has 3 aromatic carbocycles. The molecule has 2 saturated carbocycles. The Morgan fingerprint density at radius 1 is 0.806 bits per heavy atom. The number of benzene rings is 3. The van der Waals surface area contributed by atoms with Gasteiger partial charge in [-0.1, -0.05) is 67.6 Å². The molecule has 1 nitrogen and oxygen atoms in total. The summed E-state index contributed by atoms with van der Waals surface area (Å²) >= 11 is 0. The second-order valence-electron chi connectivity index (χ2n) is 10.5. The topological polar surface area (TPSA) is 20.2 Å². The van der Waals surface area contributed by atoms with Crippen molar-refractivity contribution in [2.75, 3.05) is 0 Å². The fraction of sp³-hybridized carbons (Fsp3) is 0.400. The third-order valence-electron chi connectivity index (χ3n) is 9.13. The summed E-state index contributed by atoms with van der Waals surface area (Å²) in [5.41, 5.74) is 7.52. The number of hydrogen-bond acceptors (Lipinski definition) is 1. The van der Waals surface area contributed by atoms with Gasteiger partial charge in [0.05, 0.1) is 0 Å². The van der Waals surface area contributed by atoms with E-state index in [1.54, 1.807) is 5.56 Å². The lowest BCUT2D eigenvalue weighted by Gasteiger charge is -2.51. The Bertz CT molecular complexity index is 1080. The number of hydrogen-bond donors (Lipinski definition) is 1. The molecule has 0 saturated heterocycles. The van der Waals surface area contributed by atoms with Gasteiger partial charge in [-0.2, -0.15) is 0 Å². The maximum absolute atomic E-state index is 9.93. The lowest BCUT2D eigenvalue weighted by atomic mass is 9.53. The molecule has 0 aliphatic heterocycles. The second kappa shape index (κ2) is 7.26. The average Bonchev–Trinajstić information content (AvgIpc) is 3.16. The summed E-state index contributed by atoms with van der Waals surface area (Å²) in [7, 11) is 0. The zero-order valence-electron chi connectivity index (χ0n) is 18.4. The number of phenols is 1. The zero-order chi connectivity index (χ0) is 21.0. The van der Waals surface area contributed by atoms with E-state index in [2.05, 4.69) is 67.6 Å². The largest absolute Gasteiger partial charge is 0.508 e. The molecule has 1 unspecified atom stereocenters. The Kier molecular flexibility index (Phi) is 4.49. The second-order valence-corrected chi connectivity index (χ2v) is 10.5. The smallest absolute Gasteiger partial charge is 0.115 e. The van der Waals surface area contributed by atoms with E-state index < -0.39 is 0 Å². The van der Waals surface area contributed by atoms with Crippen LogP contribution in [0.25, 0.3) is 11.1 Å². The predicted molar refractivity (Wildman–Crippen MR) is 127 cm³/mol. The Morgan fingerprint density at radius 3 is 2.39 bits per heavy atom. The first kappa shape index (κ1) is 19.2. The number of aryl methyl sites for hydroxylation is 1. The fourth-order valence-electron chi connectivity index (χ4n) is 7.65. The molecule has 1 N–H and O–H groups in total. The van der Waals surface area contributed by atoms with Crippen molar-refractivity contribution in [2.24, 2.45) is 17.3 Å². The molecular weight excluding hydrogens is 376 g/mol. The van der Waals surface area contributed by atoms with Gasteiger partial charge in [-0.3, -0.25) is 0 Å². The quantitative estimate of drug-likeness (QED) is 0.460. The van der Waals surface area contributed by atoms with E-state index in [9.17, 15) is 5.11 Å². The van der Waals surface area contributed by atoms with Crippen LogP contribution in [0.4, 0.5) is 0 Å². The summed E-state index contributed by atoms with van der Waals surface area (Å²) in [6.07, 6.45) is 7.75. The molecule has 1 heteroatoms. The predicted octanol–water partition coefficient (Wildman–Crippen LogP) is 7.70. The summed E-state index contributed by atoms with van der Waals surface area (Å²) in [5, 5.41) is 9.93. The maximum atomic E-state index is 9.93. The van der Waals surface area contributed by atoms with Crippen molar-refractivity contribution < 1.29 is 5.11 Å². The Hall–Kier alpha value is -2.54. The van der Waals surface area contributed by atoms with Gasteiger partial charge in [-0.15, -0.1) is 0 Å². The first-order valence-electron chi connectivity index (χ1n) is 12.1. The molecule has 5 atom stereocenters. The van der Waals surface area contributed by atoms with Crippen LogP contribution in [0.5, 0.6) is 5.75 Å². The van der Waals surface area contributed by atoms with Crippen LogP contribution in [0.2, 0.25) is 0 Å². The highest BCUT2D eigenvalue weighted by molar-refractivity contribution is 5.63. The van der Waals surface area contributed by atoms with Crippen molar-refractivity contribution in [2.45, 2.75) is 57.3 Å². The van der Waals surface area contributed by atoms with Crippen molar-refractivity contribution >= 4 is 0 Å². The monoisotopic (exact) mass is 408 g/mol. The highest BCUT2D eigenvalue weighted by Gasteiger charge is 2.54. The number of phenolic OH excluding ortho intramolecular Hbond substituents is 1. The third kappa shape index (κ3) is 3.04. The highest BCUT2D eigenvalue weighted by Crippen LogP contribution is 2.65. The van der Waals surface area contributed by atoms with Gasteiger partial charge in [-0.25, -0.2) is 0 Å². The molecule has 2 fully saturated rings. The van der Waals surface area contributed by atoms with Gasteiger partial charge in [0, 0.05) is 0 Å². The average molecular weight is 409 g/mol. The van der Waals surface area contributed by atoms with E-state index in [0.717, 1.165) is 18.3 Å². The van der Waals surface area contributed by atoms with Crippen molar-refractivity contribution in [3.8, 4) is 16.9 Å². The number of fused-ring (bicyclic) bond motifs is 5. The fourth-order valence-corrected chi connectivity index (χ4v) is 7.65. The molecular formula is C30H32O. The van der Waals surface area contributed by atoms with Gasteiger partial charge in [0.25, 0.3) is 0 Å². The van der Waals surface area contributed by atoms with Crippen molar-refractivity contribution in [1.29, 1.82) is 0 Å². The summed E-state index contributed by atoms with van der Waals surface area (Å²) in [6, 6.07) is 26.3. The molecule has 6 rings (SSSR count). The minimum absolute atomic E-state index is 0.420. The molecule has 3 aliphatic carbocycles. The summed E-state index contributed by atoms with van der Waals surface area (Å²) < 4.78 is 0. The van der Waals surface area contributed by atoms with Crippen LogP contribution in [0.1, 0.15) is 67.6 Å². The Labute approximate surface area is 186 Å². The minimum Gasteiger partial charge on any atom is -0.508 e. The molecule has 0 heterocycles. The highest BCUT2D eigenvalue weighted by atomic mass is 16.3. The SMILES string of the molecule is C[C@]12CC[C@@H]3c4ccc(O)cc4CC[C@H]3[C@@H]1CCC2c1ccc(-c2ccccc2)cc1. The molecule has 3 aromatic rings. The molecule has 3 aliphatic rings. The van der Waals surface area contributed by atoms with Gasteiger partial charge >= 0.3 is 0 Å². The molecule has 0 aromatic heterocycles. The standard InChI is InChI=1S/C30H32O/c1-30-18-17-26-25-14-12-24(31)19-23(25)11-13-27(26)29(30)16-15-28(30)22-9-7-21(8-10-22)20-5-3-2-4-6-20/h2-10,12,14,19,26-29,31H,11,13,15-18H2,1H3/t26-,27-,28?,29+,30-/m1/s1. The van der Waals surface area contributed by atoms with Gasteiger partial charge in [0.1, 0.15) is 5.75 Å². The molecule has 158 valence electrons. The van der Waals surface area contributed by atoms with Crippen molar-refractivity contribution in [1.82, 2.24) is 0 Å². The normalized spacial score (nSPS) is 31.5. The number of rotatable bonds is 2. The molecule has 0 radical (unpaired) electrons. The maximum Gasteiger partial charge on any atom is 0.115 e. The van der Waals surface area contributed by atoms with Crippen LogP contribution in [0.3, 0.4) is 0 Å². The molecule has 0 amide bonds. The van der Waals surface area contributed by atoms with Crippen molar-refractivity contribution in [3.05, 3.63) is 89.5 Å². The van der Waals surface area contributed by atoms with Crippen LogP contribution in [0.15, 0.2) is 72.8 Å². The first-order valence-corrected chi connectivity index (χ1v) is 12.1. The van der Waals surface area contributed by atoms with E-state index in [-0.39, 0.29) is 0 Å². The third-order valence-corrected chi connectivity index (χ3v) is 9.13. The van der Waals surface area contributed by atoms with Crippen LogP contribution < -0.4 is 0 Å². The van der Waals surface area contributed by atoms with Crippen LogP contribution in [-0.4, -0.2) is 5.11 Å². The van der Waals surface area contributed by atoms with Gasteiger partial charge < -0.3 is 5.11 Å². The van der Waals surface area contributed by atoms with Crippen LogP contribution in [-0.2, 0) is 6.42 Å². The minimum atomic E-state index is 0.420. The van der Waals surface area contributed by atoms with E-state index in [1.807, 2.05) is 12.1 Å². The summed E-state index contributed by atoms with van der Waals surface area (Å²) in [5.74, 6) is 3.44. The Balaban J connectivity index is 1.27. The van der Waals surface area contributed by atoms with Gasteiger partial charge in [0.2, 0.25) is 0 Å². The molecule has 31 heavy (non-hydrogen) atoms. The lowest BCUT2D eigenvalue weighted by molar-refractivity contribution is 0.0482. The molecule has 0 bridgehead atoms. The van der Waals surface area contributed by atoms with Crippen molar-refractivity contribution in [3.63, 3.8) is 0 Å². The van der Waals surface area contributed by atoms with Crippen LogP contribution in [0, 0.1) is 17.3 Å². The van der Waals surface area contributed by atoms with E-state index in [1.165, 1.54) is 54.4 Å². The van der Waals surface area contributed by atoms with E-state index in [0.29, 0.717) is 23.0 Å². The van der Waals surface area contributed by atoms with E-state index in [4.69, 9.17) is 0 Å². The van der Waals surface area contributed by atoms with Crippen LogP contribution >= 0.6 is 0 Å². The zero-order valence-corrected chi connectivity index (χ0v) is 18.4. The Morgan fingerprint density at radius 2 is 1.58 bits per heavy atom. The lowest BCUT2D eigenvalue weighted by Crippen LogP contribution is -2.41. The molecule has 0 spiro atoms. The van der Waals surface area contributed by atoms with Gasteiger partial charge in [0.15, 0.2) is 0 Å². The summed E-state index contributed by atoms with van der Waals surface area (Å²) in [6.45, 7) is 2.60. The first-order chi connectivity index (χ1) is 15.1. The number of aromatic hydroxyl groups is 1.